The van der Waals surface area contributed by atoms with E-state index in [9.17, 15) is 8.42 Å². The van der Waals surface area contributed by atoms with Gasteiger partial charge in [-0.1, -0.05) is 0 Å². The Kier molecular flexibility index (Phi) is 3.38. The molecule has 0 unspecified atom stereocenters. The van der Waals surface area contributed by atoms with Crippen molar-refractivity contribution in [3.8, 4) is 0 Å². The molecule has 0 aromatic carbocycles. The molecule has 122 valence electrons. The molecule has 0 spiro atoms. The zero-order valence-corrected chi connectivity index (χ0v) is 14.1. The van der Waals surface area contributed by atoms with Gasteiger partial charge in [0, 0.05) is 31.4 Å². The van der Waals surface area contributed by atoms with Crippen LogP contribution in [-0.2, 0) is 30.0 Å². The number of hydrogen-bond acceptors (Lipinski definition) is 3. The molecular weight excluding hydrogens is 298 g/mol. The molecule has 2 aliphatic carbocycles. The Morgan fingerprint density at radius 2 is 2.14 bits per heavy atom. The minimum absolute atomic E-state index is 0.0908. The number of rotatable bonds is 3. The van der Waals surface area contributed by atoms with E-state index in [1.54, 1.807) is 4.31 Å². The van der Waals surface area contributed by atoms with E-state index in [0.29, 0.717) is 18.8 Å². The average molecular weight is 323 g/mol. The van der Waals surface area contributed by atoms with Gasteiger partial charge in [-0.15, -0.1) is 0 Å². The van der Waals surface area contributed by atoms with Gasteiger partial charge in [-0.25, -0.2) is 8.42 Å². The summed E-state index contributed by atoms with van der Waals surface area (Å²) in [7, 11) is -1.23. The molecule has 2 saturated carbocycles. The van der Waals surface area contributed by atoms with Crippen molar-refractivity contribution in [2.75, 3.05) is 12.3 Å². The van der Waals surface area contributed by atoms with Crippen LogP contribution in [-0.4, -0.2) is 34.8 Å². The van der Waals surface area contributed by atoms with Gasteiger partial charge >= 0.3 is 0 Å². The Labute approximate surface area is 132 Å². The summed E-state index contributed by atoms with van der Waals surface area (Å²) in [4.78, 5) is 0. The summed E-state index contributed by atoms with van der Waals surface area (Å²) in [5.74, 6) is 1.16. The number of sulfonamides is 1. The van der Waals surface area contributed by atoms with Gasteiger partial charge in [0.25, 0.3) is 0 Å². The highest BCUT2D eigenvalue weighted by Gasteiger charge is 2.48. The third-order valence-electron chi connectivity index (χ3n) is 6.09. The second-order valence-corrected chi connectivity index (χ2v) is 9.55. The summed E-state index contributed by atoms with van der Waals surface area (Å²) in [5.41, 5.74) is 2.36. The van der Waals surface area contributed by atoms with Crippen molar-refractivity contribution in [2.45, 2.75) is 51.5 Å². The molecule has 0 saturated heterocycles. The first kappa shape index (κ1) is 14.7. The molecule has 1 aliphatic heterocycles. The monoisotopic (exact) mass is 323 g/mol. The number of hydrogen-bond donors (Lipinski definition) is 0. The maximum Gasteiger partial charge on any atom is 0.214 e. The molecule has 22 heavy (non-hydrogen) atoms. The Hall–Kier alpha value is -0.880. The zero-order valence-electron chi connectivity index (χ0n) is 13.3. The summed E-state index contributed by atoms with van der Waals surface area (Å²) < 4.78 is 29.6. The van der Waals surface area contributed by atoms with Crippen LogP contribution in [0.3, 0.4) is 0 Å². The highest BCUT2D eigenvalue weighted by Crippen LogP contribution is 2.54. The van der Waals surface area contributed by atoms with Gasteiger partial charge in [0.15, 0.2) is 0 Å². The average Bonchev–Trinajstić information content (AvgIpc) is 3.08. The van der Waals surface area contributed by atoms with E-state index in [-0.39, 0.29) is 5.41 Å². The lowest BCUT2D eigenvalue weighted by Gasteiger charge is -2.29. The zero-order chi connectivity index (χ0) is 15.4. The first-order valence-corrected chi connectivity index (χ1v) is 10.1. The molecule has 2 fully saturated rings. The predicted molar refractivity (Wildman–Crippen MR) is 84.7 cm³/mol. The lowest BCUT2D eigenvalue weighted by atomic mass is 9.87. The molecule has 4 rings (SSSR count). The normalized spacial score (nSPS) is 32.1. The van der Waals surface area contributed by atoms with Crippen LogP contribution in [0.4, 0.5) is 0 Å². The molecule has 0 radical (unpaired) electrons. The quantitative estimate of drug-likeness (QED) is 0.856. The van der Waals surface area contributed by atoms with Crippen molar-refractivity contribution in [2.24, 2.45) is 18.4 Å². The van der Waals surface area contributed by atoms with Crippen LogP contribution in [0.2, 0.25) is 0 Å². The third kappa shape index (κ3) is 2.40. The van der Waals surface area contributed by atoms with Gasteiger partial charge in [-0.05, 0) is 56.3 Å². The summed E-state index contributed by atoms with van der Waals surface area (Å²) in [6, 6.07) is 0. The summed E-state index contributed by atoms with van der Waals surface area (Å²) >= 11 is 0. The topological polar surface area (TPSA) is 55.2 Å². The van der Waals surface area contributed by atoms with Crippen LogP contribution >= 0.6 is 0 Å². The minimum atomic E-state index is -3.17. The Bertz CT molecular complexity index is 672. The van der Waals surface area contributed by atoms with Gasteiger partial charge in [0.2, 0.25) is 10.0 Å². The number of aryl methyl sites for hydroxylation is 1. The maximum atomic E-state index is 13.0. The fourth-order valence-corrected chi connectivity index (χ4v) is 6.99. The maximum absolute atomic E-state index is 13.0. The third-order valence-corrected chi connectivity index (χ3v) is 8.16. The van der Waals surface area contributed by atoms with Crippen LogP contribution in [0.15, 0.2) is 6.20 Å². The summed E-state index contributed by atoms with van der Waals surface area (Å²) in [5, 5.41) is 4.29. The van der Waals surface area contributed by atoms with E-state index >= 15 is 0 Å². The molecule has 3 aliphatic rings. The van der Waals surface area contributed by atoms with Crippen molar-refractivity contribution >= 4 is 10.0 Å². The molecule has 2 bridgehead atoms. The molecule has 2 heterocycles. The molecular formula is C16H25N3O2S. The van der Waals surface area contributed by atoms with E-state index in [0.717, 1.165) is 43.6 Å². The smallest absolute Gasteiger partial charge is 0.214 e. The first-order chi connectivity index (χ1) is 10.5. The van der Waals surface area contributed by atoms with E-state index in [1.165, 1.54) is 18.5 Å². The van der Waals surface area contributed by atoms with Crippen LogP contribution in [0.5, 0.6) is 0 Å². The van der Waals surface area contributed by atoms with E-state index < -0.39 is 10.0 Å². The van der Waals surface area contributed by atoms with Gasteiger partial charge in [0.1, 0.15) is 0 Å². The van der Waals surface area contributed by atoms with Crippen LogP contribution in [0.25, 0.3) is 0 Å². The highest BCUT2D eigenvalue weighted by molar-refractivity contribution is 7.89. The Morgan fingerprint density at radius 1 is 1.36 bits per heavy atom. The van der Waals surface area contributed by atoms with Crippen molar-refractivity contribution in [1.82, 2.24) is 14.1 Å². The molecule has 0 N–H and O–H groups in total. The van der Waals surface area contributed by atoms with Crippen molar-refractivity contribution in [3.05, 3.63) is 17.5 Å². The Balaban J connectivity index is 1.55. The summed E-state index contributed by atoms with van der Waals surface area (Å²) in [6.07, 6.45) is 9.49. The van der Waals surface area contributed by atoms with Gasteiger partial charge in [-0.3, -0.25) is 4.68 Å². The highest BCUT2D eigenvalue weighted by atomic mass is 32.2. The van der Waals surface area contributed by atoms with Crippen LogP contribution in [0.1, 0.15) is 49.8 Å². The Morgan fingerprint density at radius 3 is 2.82 bits per heavy atom. The lowest BCUT2D eigenvalue weighted by Crippen LogP contribution is -2.38. The van der Waals surface area contributed by atoms with E-state index in [4.69, 9.17) is 0 Å². The molecule has 1 aromatic rings. The second-order valence-electron chi connectivity index (χ2n) is 7.58. The fourth-order valence-electron chi connectivity index (χ4n) is 4.88. The number of nitrogens with zero attached hydrogens (tertiary/aromatic N) is 3. The first-order valence-electron chi connectivity index (χ1n) is 8.45. The number of fused-ring (bicyclic) bond motifs is 3. The van der Waals surface area contributed by atoms with E-state index in [1.807, 2.05) is 17.9 Å². The number of aromatic nitrogens is 2. The van der Waals surface area contributed by atoms with Gasteiger partial charge in [0.05, 0.1) is 11.9 Å². The second kappa shape index (κ2) is 5.06. The molecule has 0 atom stereocenters. The van der Waals surface area contributed by atoms with Gasteiger partial charge in [-0.2, -0.15) is 9.40 Å². The SMILES string of the molecule is Cn1ncc2c1CCCN(S(=O)(=O)CC13CCC(CC1)C3)C2. The molecule has 5 nitrogen and oxygen atoms in total. The molecule has 0 amide bonds. The van der Waals surface area contributed by atoms with Crippen molar-refractivity contribution in [3.63, 3.8) is 0 Å². The summed E-state index contributed by atoms with van der Waals surface area (Å²) in [6.45, 7) is 1.15. The van der Waals surface area contributed by atoms with Crippen LogP contribution < -0.4 is 0 Å². The molecule has 1 aromatic heterocycles. The molecule has 6 heteroatoms. The van der Waals surface area contributed by atoms with Crippen LogP contribution in [0, 0.1) is 11.3 Å². The lowest BCUT2D eigenvalue weighted by molar-refractivity contribution is 0.320. The van der Waals surface area contributed by atoms with Crippen molar-refractivity contribution < 1.29 is 8.42 Å². The van der Waals surface area contributed by atoms with Gasteiger partial charge < -0.3 is 0 Å². The standard InChI is InChI=1S/C16H25N3O2S/c1-18-15-3-2-8-19(11-14(15)10-17-18)22(20,21)12-16-6-4-13(9-16)5-7-16/h10,13H,2-9,11-12H2,1H3. The van der Waals surface area contributed by atoms with E-state index in [2.05, 4.69) is 5.10 Å². The minimum Gasteiger partial charge on any atom is -0.272 e. The van der Waals surface area contributed by atoms with Crippen molar-refractivity contribution in [1.29, 1.82) is 0 Å². The predicted octanol–water partition coefficient (Wildman–Crippen LogP) is 2.08. The largest absolute Gasteiger partial charge is 0.272 e. The fraction of sp³-hybridized carbons (Fsp3) is 0.812.